The van der Waals surface area contributed by atoms with Gasteiger partial charge in [-0.3, -0.25) is 0 Å². The van der Waals surface area contributed by atoms with Crippen LogP contribution in [0.4, 0.5) is 0 Å². The summed E-state index contributed by atoms with van der Waals surface area (Å²) in [6.45, 7) is 12.4. The minimum absolute atomic E-state index is 0.300. The second-order valence-electron chi connectivity index (χ2n) is 5.28. The van der Waals surface area contributed by atoms with Gasteiger partial charge in [0.05, 0.1) is 5.76 Å². The molecule has 0 fully saturated rings. The van der Waals surface area contributed by atoms with Crippen molar-refractivity contribution in [2.45, 2.75) is 40.0 Å². The van der Waals surface area contributed by atoms with Crippen LogP contribution in [0, 0.1) is 5.41 Å². The SMILES string of the molecule is C=C(O)CCCN(C)CCC(C)(C)C. The standard InChI is InChI=1S/C12H25NO/c1-11(14)7-6-9-13(5)10-8-12(2,3)4/h14H,1,6-10H2,2-5H3. The molecule has 0 unspecified atom stereocenters. The van der Waals surface area contributed by atoms with Gasteiger partial charge in [0.1, 0.15) is 0 Å². The minimum Gasteiger partial charge on any atom is -0.513 e. The summed E-state index contributed by atoms with van der Waals surface area (Å²) in [4.78, 5) is 2.31. The second-order valence-corrected chi connectivity index (χ2v) is 5.28. The van der Waals surface area contributed by atoms with Crippen molar-refractivity contribution < 1.29 is 5.11 Å². The fourth-order valence-corrected chi connectivity index (χ4v) is 1.19. The first kappa shape index (κ1) is 13.5. The van der Waals surface area contributed by atoms with Gasteiger partial charge in [-0.1, -0.05) is 27.4 Å². The van der Waals surface area contributed by atoms with Gasteiger partial charge in [0, 0.05) is 6.42 Å². The highest BCUT2D eigenvalue weighted by molar-refractivity contribution is 4.78. The average Bonchev–Trinajstić information content (AvgIpc) is 1.99. The van der Waals surface area contributed by atoms with Crippen LogP contribution in [-0.4, -0.2) is 30.1 Å². The van der Waals surface area contributed by atoms with Gasteiger partial charge in [-0.15, -0.1) is 0 Å². The molecule has 0 saturated carbocycles. The van der Waals surface area contributed by atoms with Crippen molar-refractivity contribution in [2.24, 2.45) is 5.41 Å². The number of allylic oxidation sites excluding steroid dienone is 1. The van der Waals surface area contributed by atoms with Crippen LogP contribution >= 0.6 is 0 Å². The quantitative estimate of drug-likeness (QED) is 0.664. The lowest BCUT2D eigenvalue weighted by molar-refractivity contribution is 0.258. The van der Waals surface area contributed by atoms with Crippen molar-refractivity contribution in [1.82, 2.24) is 4.90 Å². The predicted octanol–water partition coefficient (Wildman–Crippen LogP) is 3.21. The van der Waals surface area contributed by atoms with Gasteiger partial charge >= 0.3 is 0 Å². The first-order chi connectivity index (χ1) is 6.31. The molecule has 0 spiro atoms. The van der Waals surface area contributed by atoms with Gasteiger partial charge in [0.2, 0.25) is 0 Å². The normalized spacial score (nSPS) is 12.1. The third kappa shape index (κ3) is 9.59. The van der Waals surface area contributed by atoms with Gasteiger partial charge in [-0.05, 0) is 38.4 Å². The summed E-state index contributed by atoms with van der Waals surface area (Å²) in [5, 5.41) is 8.91. The number of hydrogen-bond donors (Lipinski definition) is 1. The Morgan fingerprint density at radius 2 is 1.86 bits per heavy atom. The molecule has 0 radical (unpaired) electrons. The molecule has 0 aliphatic rings. The molecule has 2 heteroatoms. The summed E-state index contributed by atoms with van der Waals surface area (Å²) >= 11 is 0. The van der Waals surface area contributed by atoms with E-state index in [1.54, 1.807) is 0 Å². The summed E-state index contributed by atoms with van der Waals surface area (Å²) in [6, 6.07) is 0. The Morgan fingerprint density at radius 1 is 1.29 bits per heavy atom. The van der Waals surface area contributed by atoms with Crippen LogP contribution in [0.5, 0.6) is 0 Å². The van der Waals surface area contributed by atoms with E-state index in [0.717, 1.165) is 25.9 Å². The Bertz CT molecular complexity index is 170. The topological polar surface area (TPSA) is 23.5 Å². The highest BCUT2D eigenvalue weighted by Crippen LogP contribution is 2.18. The summed E-state index contributed by atoms with van der Waals surface area (Å²) in [7, 11) is 2.13. The van der Waals surface area contributed by atoms with Gasteiger partial charge in [0.15, 0.2) is 0 Å². The molecule has 0 heterocycles. The van der Waals surface area contributed by atoms with E-state index in [2.05, 4.69) is 39.3 Å². The maximum absolute atomic E-state index is 8.91. The van der Waals surface area contributed by atoms with Crippen molar-refractivity contribution in [3.8, 4) is 0 Å². The van der Waals surface area contributed by atoms with E-state index in [4.69, 9.17) is 5.11 Å². The highest BCUT2D eigenvalue weighted by atomic mass is 16.3. The molecule has 14 heavy (non-hydrogen) atoms. The maximum Gasteiger partial charge on any atom is 0.0851 e. The number of hydrogen-bond acceptors (Lipinski definition) is 2. The zero-order valence-corrected chi connectivity index (χ0v) is 10.1. The minimum atomic E-state index is 0.300. The lowest BCUT2D eigenvalue weighted by atomic mass is 9.92. The van der Waals surface area contributed by atoms with Crippen molar-refractivity contribution in [2.75, 3.05) is 20.1 Å². The monoisotopic (exact) mass is 199 g/mol. The second kappa shape index (κ2) is 6.07. The maximum atomic E-state index is 8.91. The lowest BCUT2D eigenvalue weighted by Gasteiger charge is -2.23. The first-order valence-corrected chi connectivity index (χ1v) is 5.36. The van der Waals surface area contributed by atoms with Crippen LogP contribution in [0.25, 0.3) is 0 Å². The molecule has 0 aliphatic carbocycles. The number of rotatable bonds is 6. The third-order valence-corrected chi connectivity index (χ3v) is 2.25. The molecule has 0 aromatic carbocycles. The average molecular weight is 199 g/mol. The Balaban J connectivity index is 3.46. The molecular weight excluding hydrogens is 174 g/mol. The molecule has 0 rings (SSSR count). The Labute approximate surface area is 88.6 Å². The van der Waals surface area contributed by atoms with Crippen LogP contribution in [-0.2, 0) is 0 Å². The fraction of sp³-hybridized carbons (Fsp3) is 0.833. The molecule has 0 atom stereocenters. The Morgan fingerprint density at radius 3 is 2.29 bits per heavy atom. The smallest absolute Gasteiger partial charge is 0.0851 e. The molecule has 0 aliphatic heterocycles. The van der Waals surface area contributed by atoms with E-state index in [1.807, 2.05) is 0 Å². The van der Waals surface area contributed by atoms with Gasteiger partial charge in [-0.25, -0.2) is 0 Å². The first-order valence-electron chi connectivity index (χ1n) is 5.36. The van der Waals surface area contributed by atoms with E-state index in [9.17, 15) is 0 Å². The number of aliphatic hydroxyl groups excluding tert-OH is 1. The summed E-state index contributed by atoms with van der Waals surface area (Å²) in [6.07, 6.45) is 2.93. The third-order valence-electron chi connectivity index (χ3n) is 2.25. The van der Waals surface area contributed by atoms with Crippen LogP contribution in [0.2, 0.25) is 0 Å². The van der Waals surface area contributed by atoms with Crippen LogP contribution in [0.3, 0.4) is 0 Å². The van der Waals surface area contributed by atoms with E-state index < -0.39 is 0 Å². The van der Waals surface area contributed by atoms with Crippen LogP contribution < -0.4 is 0 Å². The lowest BCUT2D eigenvalue weighted by Crippen LogP contribution is -2.24. The van der Waals surface area contributed by atoms with Gasteiger partial charge in [0.25, 0.3) is 0 Å². The molecule has 0 bridgehead atoms. The molecule has 0 amide bonds. The number of aliphatic hydroxyl groups is 1. The van der Waals surface area contributed by atoms with Crippen molar-refractivity contribution in [3.63, 3.8) is 0 Å². The van der Waals surface area contributed by atoms with E-state index >= 15 is 0 Å². The summed E-state index contributed by atoms with van der Waals surface area (Å²) in [5.74, 6) is 0.300. The summed E-state index contributed by atoms with van der Waals surface area (Å²) < 4.78 is 0. The molecule has 0 aromatic rings. The summed E-state index contributed by atoms with van der Waals surface area (Å²) in [5.41, 5.74) is 0.412. The largest absolute Gasteiger partial charge is 0.513 e. The zero-order chi connectivity index (χ0) is 11.2. The Kier molecular flexibility index (Phi) is 5.86. The van der Waals surface area contributed by atoms with Crippen molar-refractivity contribution in [1.29, 1.82) is 0 Å². The number of nitrogens with zero attached hydrogens (tertiary/aromatic N) is 1. The molecule has 84 valence electrons. The van der Waals surface area contributed by atoms with Crippen molar-refractivity contribution in [3.05, 3.63) is 12.3 Å². The molecule has 0 saturated heterocycles. The molecule has 0 aromatic heterocycles. The van der Waals surface area contributed by atoms with Gasteiger partial charge < -0.3 is 10.0 Å². The Hall–Kier alpha value is -0.500. The molecular formula is C12H25NO. The predicted molar refractivity (Wildman–Crippen MR) is 62.6 cm³/mol. The fourth-order valence-electron chi connectivity index (χ4n) is 1.19. The zero-order valence-electron chi connectivity index (χ0n) is 10.1. The highest BCUT2D eigenvalue weighted by Gasteiger charge is 2.10. The van der Waals surface area contributed by atoms with Crippen molar-refractivity contribution >= 4 is 0 Å². The molecule has 1 N–H and O–H groups in total. The van der Waals surface area contributed by atoms with Crippen LogP contribution in [0.15, 0.2) is 12.3 Å². The van der Waals surface area contributed by atoms with E-state index in [1.165, 1.54) is 6.42 Å². The van der Waals surface area contributed by atoms with E-state index in [-0.39, 0.29) is 0 Å². The van der Waals surface area contributed by atoms with E-state index in [0.29, 0.717) is 11.2 Å². The van der Waals surface area contributed by atoms with Gasteiger partial charge in [-0.2, -0.15) is 0 Å². The van der Waals surface area contributed by atoms with Crippen LogP contribution in [0.1, 0.15) is 40.0 Å². The molecule has 2 nitrogen and oxygen atoms in total.